The van der Waals surface area contributed by atoms with E-state index in [1.165, 1.54) is 36.4 Å². The Morgan fingerprint density at radius 2 is 1.44 bits per heavy atom. The van der Waals surface area contributed by atoms with Crippen LogP contribution in [-0.2, 0) is 13.6 Å². The predicted molar refractivity (Wildman–Crippen MR) is 93.8 cm³/mol. The Labute approximate surface area is 145 Å². The molecule has 25 heavy (non-hydrogen) atoms. The molecule has 0 atom stereocenters. The third-order valence-electron chi connectivity index (χ3n) is 3.45. The SMILES string of the molecule is CCOP(=O)(OCC)c1ccc(C(=O)c2ccccc2C(=O)O)cc1. The first kappa shape index (κ1) is 19.1. The molecule has 0 radical (unpaired) electrons. The van der Waals surface area contributed by atoms with Gasteiger partial charge in [-0.2, -0.15) is 0 Å². The normalized spacial score (nSPS) is 11.3. The molecule has 2 rings (SSSR count). The average Bonchev–Trinajstić information content (AvgIpc) is 2.61. The quantitative estimate of drug-likeness (QED) is 0.571. The minimum absolute atomic E-state index is 0.0640. The molecule has 2 aromatic rings. The summed E-state index contributed by atoms with van der Waals surface area (Å²) in [4.78, 5) is 23.9. The number of benzene rings is 2. The highest BCUT2D eigenvalue weighted by molar-refractivity contribution is 7.62. The van der Waals surface area contributed by atoms with E-state index in [4.69, 9.17) is 9.05 Å². The van der Waals surface area contributed by atoms with Crippen molar-refractivity contribution in [1.82, 2.24) is 0 Å². The van der Waals surface area contributed by atoms with Gasteiger partial charge in [0.05, 0.1) is 24.1 Å². The van der Waals surface area contributed by atoms with Gasteiger partial charge in [0.25, 0.3) is 0 Å². The van der Waals surface area contributed by atoms with Gasteiger partial charge in [-0.25, -0.2) is 4.79 Å². The van der Waals surface area contributed by atoms with Crippen LogP contribution in [0.4, 0.5) is 0 Å². The van der Waals surface area contributed by atoms with E-state index in [9.17, 15) is 19.3 Å². The Kier molecular flexibility index (Phi) is 6.26. The van der Waals surface area contributed by atoms with Crippen LogP contribution in [0.2, 0.25) is 0 Å². The topological polar surface area (TPSA) is 89.9 Å². The van der Waals surface area contributed by atoms with Crippen molar-refractivity contribution in [3.63, 3.8) is 0 Å². The molecule has 0 spiro atoms. The zero-order chi connectivity index (χ0) is 18.4. The first-order valence-corrected chi connectivity index (χ1v) is 9.34. The van der Waals surface area contributed by atoms with Crippen LogP contribution in [0.15, 0.2) is 48.5 Å². The van der Waals surface area contributed by atoms with E-state index < -0.39 is 19.3 Å². The summed E-state index contributed by atoms with van der Waals surface area (Å²) in [7, 11) is -3.42. The molecule has 2 aromatic carbocycles. The Hall–Kier alpha value is -2.27. The van der Waals surface area contributed by atoms with Gasteiger partial charge in [-0.05, 0) is 32.0 Å². The average molecular weight is 362 g/mol. The van der Waals surface area contributed by atoms with E-state index >= 15 is 0 Å². The highest BCUT2D eigenvalue weighted by Gasteiger charge is 2.27. The third-order valence-corrected chi connectivity index (χ3v) is 5.57. The molecule has 0 saturated carbocycles. The van der Waals surface area contributed by atoms with E-state index in [2.05, 4.69) is 0 Å². The first-order chi connectivity index (χ1) is 11.9. The summed E-state index contributed by atoms with van der Waals surface area (Å²) in [5.41, 5.74) is 0.323. The largest absolute Gasteiger partial charge is 0.478 e. The van der Waals surface area contributed by atoms with E-state index in [1.807, 2.05) is 0 Å². The lowest BCUT2D eigenvalue weighted by Gasteiger charge is -2.17. The molecule has 7 heteroatoms. The molecule has 6 nitrogen and oxygen atoms in total. The molecule has 0 bridgehead atoms. The summed E-state index contributed by atoms with van der Waals surface area (Å²) in [5.74, 6) is -1.59. The van der Waals surface area contributed by atoms with Gasteiger partial charge in [-0.1, -0.05) is 30.3 Å². The van der Waals surface area contributed by atoms with Crippen molar-refractivity contribution < 1.29 is 28.3 Å². The molecule has 0 unspecified atom stereocenters. The number of carbonyl (C=O) groups excluding carboxylic acids is 1. The molecular weight excluding hydrogens is 343 g/mol. The van der Waals surface area contributed by atoms with Crippen molar-refractivity contribution in [3.8, 4) is 0 Å². The smallest absolute Gasteiger partial charge is 0.361 e. The molecule has 0 fully saturated rings. The van der Waals surface area contributed by atoms with E-state index in [0.717, 1.165) is 0 Å². The number of carboxylic acid groups (broad SMARTS) is 1. The summed E-state index contributed by atoms with van der Waals surface area (Å²) < 4.78 is 23.2. The van der Waals surface area contributed by atoms with Crippen LogP contribution >= 0.6 is 7.60 Å². The van der Waals surface area contributed by atoms with Gasteiger partial charge in [0.15, 0.2) is 5.78 Å². The van der Waals surface area contributed by atoms with Crippen molar-refractivity contribution in [2.75, 3.05) is 13.2 Å². The maximum absolute atomic E-state index is 12.7. The van der Waals surface area contributed by atoms with Crippen molar-refractivity contribution in [1.29, 1.82) is 0 Å². The second kappa shape index (κ2) is 8.21. The fraction of sp³-hybridized carbons (Fsp3) is 0.222. The number of hydrogen-bond donors (Lipinski definition) is 1. The fourth-order valence-corrected chi connectivity index (χ4v) is 3.91. The van der Waals surface area contributed by atoms with Crippen LogP contribution in [-0.4, -0.2) is 30.1 Å². The van der Waals surface area contributed by atoms with Gasteiger partial charge in [-0.15, -0.1) is 0 Å². The number of aromatic carboxylic acids is 1. The lowest BCUT2D eigenvalue weighted by Crippen LogP contribution is -2.13. The maximum atomic E-state index is 12.7. The maximum Gasteiger partial charge on any atom is 0.361 e. The number of carboxylic acids is 1. The third kappa shape index (κ3) is 4.23. The Morgan fingerprint density at radius 1 is 0.920 bits per heavy atom. The van der Waals surface area contributed by atoms with Crippen LogP contribution in [0.5, 0.6) is 0 Å². The number of carbonyl (C=O) groups is 2. The van der Waals surface area contributed by atoms with E-state index in [1.54, 1.807) is 26.0 Å². The van der Waals surface area contributed by atoms with Crippen LogP contribution in [0.3, 0.4) is 0 Å². The molecule has 0 saturated heterocycles. The summed E-state index contributed by atoms with van der Waals surface area (Å²) >= 11 is 0. The minimum atomic E-state index is -3.42. The number of ketones is 1. The zero-order valence-corrected chi connectivity index (χ0v) is 14.9. The van der Waals surface area contributed by atoms with Gasteiger partial charge < -0.3 is 14.2 Å². The molecule has 1 N–H and O–H groups in total. The van der Waals surface area contributed by atoms with E-state index in [-0.39, 0.29) is 29.9 Å². The lowest BCUT2D eigenvalue weighted by molar-refractivity contribution is 0.0692. The van der Waals surface area contributed by atoms with Crippen molar-refractivity contribution >= 4 is 24.7 Å². The highest BCUT2D eigenvalue weighted by Crippen LogP contribution is 2.46. The van der Waals surface area contributed by atoms with Crippen LogP contribution < -0.4 is 5.30 Å². The summed E-state index contributed by atoms with van der Waals surface area (Å²) in [5, 5.41) is 9.55. The highest BCUT2D eigenvalue weighted by atomic mass is 31.2. The summed E-state index contributed by atoms with van der Waals surface area (Å²) in [6.07, 6.45) is 0. The fourth-order valence-electron chi connectivity index (χ4n) is 2.34. The Balaban J connectivity index is 2.36. The standard InChI is InChI=1S/C18H19O6P/c1-3-23-25(22,24-4-2)14-11-9-13(10-12-14)17(19)15-7-5-6-8-16(15)18(20)21/h5-12H,3-4H2,1-2H3,(H,20,21). The van der Waals surface area contributed by atoms with Crippen molar-refractivity contribution in [3.05, 3.63) is 65.2 Å². The van der Waals surface area contributed by atoms with Gasteiger partial charge in [0.1, 0.15) is 0 Å². The molecule has 0 amide bonds. The first-order valence-electron chi connectivity index (χ1n) is 7.79. The molecule has 0 heterocycles. The summed E-state index contributed by atoms with van der Waals surface area (Å²) in [6, 6.07) is 12.0. The Morgan fingerprint density at radius 3 is 1.92 bits per heavy atom. The van der Waals surface area contributed by atoms with Crippen LogP contribution in [0.1, 0.15) is 40.1 Å². The summed E-state index contributed by atoms with van der Waals surface area (Å²) in [6.45, 7) is 3.88. The van der Waals surface area contributed by atoms with E-state index in [0.29, 0.717) is 5.30 Å². The molecule has 0 aliphatic rings. The van der Waals surface area contributed by atoms with Gasteiger partial charge in [0.2, 0.25) is 0 Å². The second-order valence-electron chi connectivity index (χ2n) is 5.06. The van der Waals surface area contributed by atoms with Gasteiger partial charge in [0, 0.05) is 11.1 Å². The number of rotatable bonds is 8. The molecule has 0 aliphatic heterocycles. The van der Waals surface area contributed by atoms with Gasteiger partial charge in [-0.3, -0.25) is 9.36 Å². The predicted octanol–water partition coefficient (Wildman–Crippen LogP) is 3.51. The molecule has 0 aromatic heterocycles. The van der Waals surface area contributed by atoms with Gasteiger partial charge >= 0.3 is 13.6 Å². The monoisotopic (exact) mass is 362 g/mol. The molecular formula is C18H19O6P. The Bertz CT molecular complexity index is 803. The van der Waals surface area contributed by atoms with Crippen LogP contribution in [0, 0.1) is 0 Å². The molecule has 132 valence electrons. The van der Waals surface area contributed by atoms with Crippen molar-refractivity contribution in [2.24, 2.45) is 0 Å². The zero-order valence-electron chi connectivity index (χ0n) is 14.0. The van der Waals surface area contributed by atoms with Crippen LogP contribution in [0.25, 0.3) is 0 Å². The number of hydrogen-bond acceptors (Lipinski definition) is 5. The second-order valence-corrected chi connectivity index (χ2v) is 7.09. The molecule has 0 aliphatic carbocycles. The minimum Gasteiger partial charge on any atom is -0.478 e. The lowest BCUT2D eigenvalue weighted by atomic mass is 9.98. The van der Waals surface area contributed by atoms with Crippen molar-refractivity contribution in [2.45, 2.75) is 13.8 Å².